The minimum Gasteiger partial charge on any atom is -0.491 e. The van der Waals surface area contributed by atoms with Crippen molar-refractivity contribution in [1.82, 2.24) is 9.55 Å². The van der Waals surface area contributed by atoms with Gasteiger partial charge in [-0.05, 0) is 49.1 Å². The molecule has 0 saturated carbocycles. The Morgan fingerprint density at radius 1 is 1.13 bits per heavy atom. The molecule has 5 nitrogen and oxygen atoms in total. The second kappa shape index (κ2) is 8.42. The lowest BCUT2D eigenvalue weighted by atomic mass is 10.1. The van der Waals surface area contributed by atoms with Crippen LogP contribution in [0.1, 0.15) is 16.7 Å². The topological polar surface area (TPSA) is 64.3 Å². The zero-order chi connectivity index (χ0) is 21.3. The number of rotatable bonds is 6. The van der Waals surface area contributed by atoms with Crippen LogP contribution in [0.4, 0.5) is 0 Å². The smallest absolute Gasteiger partial charge is 0.262 e. The fourth-order valence-electron chi connectivity index (χ4n) is 3.48. The van der Waals surface area contributed by atoms with Crippen LogP contribution in [0.25, 0.3) is 20.7 Å². The summed E-state index contributed by atoms with van der Waals surface area (Å²) in [6.07, 6.45) is 0.686. The molecular weight excluding hydrogens is 396 g/mol. The molecule has 1 atom stereocenters. The molecule has 0 fully saturated rings. The average Bonchev–Trinajstić information content (AvgIpc) is 3.08. The zero-order valence-corrected chi connectivity index (χ0v) is 18.1. The van der Waals surface area contributed by atoms with Gasteiger partial charge in [-0.3, -0.25) is 9.36 Å². The molecule has 0 bridgehead atoms. The van der Waals surface area contributed by atoms with Crippen molar-refractivity contribution < 1.29 is 9.84 Å². The van der Waals surface area contributed by atoms with Crippen LogP contribution < -0.4 is 10.3 Å². The van der Waals surface area contributed by atoms with Crippen molar-refractivity contribution in [3.63, 3.8) is 0 Å². The molecular formula is C24H24N2O3S. The van der Waals surface area contributed by atoms with Crippen LogP contribution in [-0.4, -0.2) is 27.4 Å². The molecule has 6 heteroatoms. The first-order valence-corrected chi connectivity index (χ1v) is 10.7. The van der Waals surface area contributed by atoms with Gasteiger partial charge >= 0.3 is 0 Å². The number of aromatic nitrogens is 2. The summed E-state index contributed by atoms with van der Waals surface area (Å²) in [5.41, 5.74) is 3.97. The van der Waals surface area contributed by atoms with E-state index >= 15 is 0 Å². The first-order valence-electron chi connectivity index (χ1n) is 9.86. The number of nitrogens with zero attached hydrogens (tertiary/aromatic N) is 2. The summed E-state index contributed by atoms with van der Waals surface area (Å²) >= 11 is 1.52. The summed E-state index contributed by atoms with van der Waals surface area (Å²) in [6, 6.07) is 16.0. The Morgan fingerprint density at radius 2 is 1.90 bits per heavy atom. The molecule has 0 saturated heterocycles. The monoisotopic (exact) mass is 420 g/mol. The van der Waals surface area contributed by atoms with Crippen molar-refractivity contribution in [3.05, 3.63) is 81.9 Å². The second-order valence-electron chi connectivity index (χ2n) is 7.54. The van der Waals surface area contributed by atoms with Gasteiger partial charge < -0.3 is 9.84 Å². The van der Waals surface area contributed by atoms with Crippen molar-refractivity contribution in [2.24, 2.45) is 0 Å². The number of aliphatic hydroxyl groups excluding tert-OH is 1. The summed E-state index contributed by atoms with van der Waals surface area (Å²) in [6.45, 7) is 6.15. The summed E-state index contributed by atoms with van der Waals surface area (Å²) < 4.78 is 7.25. The molecule has 154 valence electrons. The predicted octanol–water partition coefficient (Wildman–Crippen LogP) is 4.49. The summed E-state index contributed by atoms with van der Waals surface area (Å²) in [5, 5.41) is 11.1. The van der Waals surface area contributed by atoms with Crippen LogP contribution in [0, 0.1) is 20.8 Å². The highest BCUT2D eigenvalue weighted by Crippen LogP contribution is 2.35. The zero-order valence-electron chi connectivity index (χ0n) is 17.3. The van der Waals surface area contributed by atoms with Crippen LogP contribution >= 0.6 is 11.3 Å². The molecule has 0 amide bonds. The standard InChI is InChI=1S/C24H24N2O3S/c1-15-9-10-16(2)20(11-15)29-13-19(27)12-26-14-25-23-21(24(26)28)17(3)22(30-23)18-7-5-4-6-8-18/h4-11,14,19,27H,12-13H2,1-3H3. The molecule has 4 rings (SSSR count). The minimum absolute atomic E-state index is 0.104. The Labute approximate surface area is 179 Å². The van der Waals surface area contributed by atoms with E-state index in [9.17, 15) is 9.90 Å². The van der Waals surface area contributed by atoms with E-state index in [2.05, 4.69) is 4.98 Å². The van der Waals surface area contributed by atoms with E-state index in [0.717, 1.165) is 32.9 Å². The van der Waals surface area contributed by atoms with Crippen LogP contribution in [0.2, 0.25) is 0 Å². The van der Waals surface area contributed by atoms with Gasteiger partial charge in [-0.2, -0.15) is 0 Å². The second-order valence-corrected chi connectivity index (χ2v) is 8.54. The van der Waals surface area contributed by atoms with Crippen molar-refractivity contribution in [2.45, 2.75) is 33.4 Å². The minimum atomic E-state index is -0.825. The molecule has 0 aliphatic carbocycles. The Balaban J connectivity index is 1.56. The van der Waals surface area contributed by atoms with Crippen molar-refractivity contribution in [1.29, 1.82) is 0 Å². The number of aryl methyl sites for hydroxylation is 3. The lowest BCUT2D eigenvalue weighted by Gasteiger charge is -2.15. The van der Waals surface area contributed by atoms with Crippen LogP contribution in [0.5, 0.6) is 5.75 Å². The van der Waals surface area contributed by atoms with E-state index in [1.54, 1.807) is 0 Å². The third kappa shape index (κ3) is 4.01. The molecule has 2 heterocycles. The van der Waals surface area contributed by atoms with Gasteiger partial charge in [0.1, 0.15) is 23.3 Å². The van der Waals surface area contributed by atoms with E-state index in [1.807, 2.05) is 69.3 Å². The Morgan fingerprint density at radius 3 is 2.67 bits per heavy atom. The third-order valence-corrected chi connectivity index (χ3v) is 6.38. The number of aliphatic hydroxyl groups is 1. The van der Waals surface area contributed by atoms with Gasteiger partial charge in [-0.15, -0.1) is 11.3 Å². The summed E-state index contributed by atoms with van der Waals surface area (Å²) in [4.78, 5) is 19.3. The van der Waals surface area contributed by atoms with Gasteiger partial charge in [-0.1, -0.05) is 42.5 Å². The summed E-state index contributed by atoms with van der Waals surface area (Å²) in [5.74, 6) is 0.746. The molecule has 4 aromatic rings. The van der Waals surface area contributed by atoms with Crippen LogP contribution in [-0.2, 0) is 6.54 Å². The van der Waals surface area contributed by atoms with E-state index < -0.39 is 6.10 Å². The molecule has 30 heavy (non-hydrogen) atoms. The van der Waals surface area contributed by atoms with E-state index in [4.69, 9.17) is 4.74 Å². The van der Waals surface area contributed by atoms with E-state index in [1.165, 1.54) is 22.2 Å². The molecule has 0 radical (unpaired) electrons. The normalized spacial score (nSPS) is 12.3. The number of benzene rings is 2. The number of thiophene rings is 1. The quantitative estimate of drug-likeness (QED) is 0.499. The number of fused-ring (bicyclic) bond motifs is 1. The van der Waals surface area contributed by atoms with Gasteiger partial charge in [0.15, 0.2) is 0 Å². The maximum Gasteiger partial charge on any atom is 0.262 e. The molecule has 0 aliphatic rings. The number of ether oxygens (including phenoxy) is 1. The van der Waals surface area contributed by atoms with E-state index in [-0.39, 0.29) is 18.7 Å². The fraction of sp³-hybridized carbons (Fsp3) is 0.250. The van der Waals surface area contributed by atoms with E-state index in [0.29, 0.717) is 10.2 Å². The summed E-state index contributed by atoms with van der Waals surface area (Å²) in [7, 11) is 0. The first-order chi connectivity index (χ1) is 14.4. The fourth-order valence-corrected chi connectivity index (χ4v) is 4.63. The SMILES string of the molecule is Cc1ccc(C)c(OCC(O)Cn2cnc3sc(-c4ccccc4)c(C)c3c2=O)c1. The molecule has 0 aliphatic heterocycles. The van der Waals surface area contributed by atoms with Crippen LogP contribution in [0.15, 0.2) is 59.7 Å². The van der Waals surface area contributed by atoms with Crippen molar-refractivity contribution in [2.75, 3.05) is 6.61 Å². The van der Waals surface area contributed by atoms with Gasteiger partial charge in [0.05, 0.1) is 18.3 Å². The highest BCUT2D eigenvalue weighted by Gasteiger charge is 2.17. The Bertz CT molecular complexity index is 1240. The van der Waals surface area contributed by atoms with Crippen molar-refractivity contribution in [3.8, 4) is 16.2 Å². The molecule has 0 spiro atoms. The molecule has 2 aromatic carbocycles. The van der Waals surface area contributed by atoms with Gasteiger partial charge in [-0.25, -0.2) is 4.98 Å². The molecule has 1 N–H and O–H groups in total. The Kier molecular flexibility index (Phi) is 5.70. The third-order valence-electron chi connectivity index (χ3n) is 5.14. The highest BCUT2D eigenvalue weighted by molar-refractivity contribution is 7.22. The largest absolute Gasteiger partial charge is 0.491 e. The van der Waals surface area contributed by atoms with Gasteiger partial charge in [0.2, 0.25) is 0 Å². The molecule has 1 unspecified atom stereocenters. The Hall–Kier alpha value is -2.96. The van der Waals surface area contributed by atoms with Gasteiger partial charge in [0.25, 0.3) is 5.56 Å². The van der Waals surface area contributed by atoms with Crippen molar-refractivity contribution >= 4 is 21.6 Å². The average molecular weight is 421 g/mol. The lowest BCUT2D eigenvalue weighted by Crippen LogP contribution is -2.30. The first kappa shape index (κ1) is 20.3. The highest BCUT2D eigenvalue weighted by atomic mass is 32.1. The van der Waals surface area contributed by atoms with Crippen LogP contribution in [0.3, 0.4) is 0 Å². The van der Waals surface area contributed by atoms with Gasteiger partial charge in [0, 0.05) is 4.88 Å². The maximum atomic E-state index is 13.1. The predicted molar refractivity (Wildman–Crippen MR) is 121 cm³/mol. The molecule has 2 aromatic heterocycles. The maximum absolute atomic E-state index is 13.1. The number of hydrogen-bond acceptors (Lipinski definition) is 5. The lowest BCUT2D eigenvalue weighted by molar-refractivity contribution is 0.0911. The number of hydrogen-bond donors (Lipinski definition) is 1.